The lowest BCUT2D eigenvalue weighted by atomic mass is 10.2. The summed E-state index contributed by atoms with van der Waals surface area (Å²) in [5.74, 6) is -0.330. The highest BCUT2D eigenvalue weighted by Gasteiger charge is 2.13. The van der Waals surface area contributed by atoms with E-state index in [1.165, 1.54) is 4.68 Å². The van der Waals surface area contributed by atoms with Crippen LogP contribution in [0.3, 0.4) is 0 Å². The van der Waals surface area contributed by atoms with Crippen molar-refractivity contribution < 1.29 is 9.59 Å². The van der Waals surface area contributed by atoms with Crippen LogP contribution in [0.1, 0.15) is 23.7 Å². The van der Waals surface area contributed by atoms with E-state index in [2.05, 4.69) is 15.6 Å². The topological polar surface area (TPSA) is 76.9 Å². The van der Waals surface area contributed by atoms with Crippen LogP contribution in [0.2, 0.25) is 0 Å². The number of hydrogen-bond acceptors (Lipinski definition) is 4. The molecule has 2 aromatic carbocycles. The molecule has 0 aliphatic rings. The van der Waals surface area contributed by atoms with Crippen LogP contribution in [-0.2, 0) is 4.79 Å². The molecule has 1 amide bonds. The Morgan fingerprint density at radius 3 is 2.55 bits per heavy atom. The Kier molecular flexibility index (Phi) is 3.65. The van der Waals surface area contributed by atoms with E-state index in [0.29, 0.717) is 28.7 Å². The summed E-state index contributed by atoms with van der Waals surface area (Å²) in [7, 11) is 0. The highest BCUT2D eigenvalue weighted by atomic mass is 16.2. The van der Waals surface area contributed by atoms with Gasteiger partial charge in [-0.2, -0.15) is 4.68 Å². The molecular formula is C16H14N4O2. The van der Waals surface area contributed by atoms with Gasteiger partial charge in [0.1, 0.15) is 5.52 Å². The molecule has 0 saturated heterocycles. The third kappa shape index (κ3) is 2.58. The van der Waals surface area contributed by atoms with Crippen molar-refractivity contribution >= 4 is 28.5 Å². The van der Waals surface area contributed by atoms with Crippen molar-refractivity contribution in [2.24, 2.45) is 0 Å². The number of carbonyl (C=O) groups is 2. The zero-order valence-corrected chi connectivity index (χ0v) is 12.0. The minimum Gasteiger partial charge on any atom is -0.326 e. The quantitative estimate of drug-likeness (QED) is 0.805. The van der Waals surface area contributed by atoms with Crippen LogP contribution in [0.5, 0.6) is 0 Å². The number of nitrogens with zero attached hydrogens (tertiary/aromatic N) is 3. The van der Waals surface area contributed by atoms with Gasteiger partial charge in [0.25, 0.3) is 5.91 Å². The lowest BCUT2D eigenvalue weighted by molar-refractivity contribution is -0.115. The first-order chi connectivity index (χ1) is 10.7. The maximum atomic E-state index is 12.5. The molecule has 0 saturated carbocycles. The number of fused-ring (bicyclic) bond motifs is 1. The fourth-order valence-corrected chi connectivity index (χ4v) is 2.09. The third-order valence-corrected chi connectivity index (χ3v) is 3.28. The first kappa shape index (κ1) is 13.9. The number of aromatic nitrogens is 3. The molecule has 1 heterocycles. The predicted molar refractivity (Wildman–Crippen MR) is 82.6 cm³/mol. The normalized spacial score (nSPS) is 10.6. The number of hydrogen-bond donors (Lipinski definition) is 1. The van der Waals surface area contributed by atoms with Crippen LogP contribution in [0.15, 0.2) is 48.5 Å². The number of rotatable bonds is 3. The molecule has 0 radical (unpaired) electrons. The number of carbonyl (C=O) groups excluding carboxylic acids is 2. The van der Waals surface area contributed by atoms with Crippen LogP contribution in [0.4, 0.5) is 5.69 Å². The summed E-state index contributed by atoms with van der Waals surface area (Å²) in [5.41, 5.74) is 2.47. The van der Waals surface area contributed by atoms with Crippen LogP contribution >= 0.6 is 0 Å². The first-order valence-electron chi connectivity index (χ1n) is 6.94. The van der Waals surface area contributed by atoms with Crippen molar-refractivity contribution in [1.29, 1.82) is 0 Å². The molecule has 0 spiro atoms. The fourth-order valence-electron chi connectivity index (χ4n) is 2.09. The third-order valence-electron chi connectivity index (χ3n) is 3.28. The molecule has 6 nitrogen and oxygen atoms in total. The summed E-state index contributed by atoms with van der Waals surface area (Å²) >= 11 is 0. The number of benzene rings is 2. The molecule has 1 N–H and O–H groups in total. The lowest BCUT2D eigenvalue weighted by Crippen LogP contribution is -2.14. The standard InChI is InChI=1S/C16H14N4O2/c1-2-15(21)17-12-9-7-11(8-10-12)16(22)20-14-6-4-3-5-13(14)18-19-20/h3-10H,2H2,1H3,(H,17,21). The molecule has 0 fully saturated rings. The smallest absolute Gasteiger partial charge is 0.280 e. The predicted octanol–water partition coefficient (Wildman–Crippen LogP) is 2.47. The highest BCUT2D eigenvalue weighted by Crippen LogP contribution is 2.14. The van der Waals surface area contributed by atoms with Crippen molar-refractivity contribution in [3.8, 4) is 0 Å². The van der Waals surface area contributed by atoms with E-state index in [0.717, 1.165) is 0 Å². The second kappa shape index (κ2) is 5.77. The summed E-state index contributed by atoms with van der Waals surface area (Å²) in [5, 5.41) is 10.6. The minimum absolute atomic E-state index is 0.0682. The van der Waals surface area contributed by atoms with E-state index in [1.54, 1.807) is 43.3 Å². The van der Waals surface area contributed by atoms with E-state index < -0.39 is 0 Å². The fraction of sp³-hybridized carbons (Fsp3) is 0.125. The van der Waals surface area contributed by atoms with Gasteiger partial charge in [-0.1, -0.05) is 24.3 Å². The molecule has 22 heavy (non-hydrogen) atoms. The largest absolute Gasteiger partial charge is 0.326 e. The first-order valence-corrected chi connectivity index (χ1v) is 6.94. The number of nitrogens with one attached hydrogen (secondary N) is 1. The van der Waals surface area contributed by atoms with Crippen LogP contribution in [-0.4, -0.2) is 26.8 Å². The van der Waals surface area contributed by atoms with Crippen molar-refractivity contribution in [2.45, 2.75) is 13.3 Å². The Labute approximate surface area is 126 Å². The average molecular weight is 294 g/mol. The maximum Gasteiger partial charge on any atom is 0.280 e. The second-order valence-electron chi connectivity index (χ2n) is 4.77. The summed E-state index contributed by atoms with van der Waals surface area (Å²) in [6.45, 7) is 1.78. The zero-order chi connectivity index (χ0) is 15.5. The number of anilines is 1. The van der Waals surface area contributed by atoms with Crippen molar-refractivity contribution in [3.63, 3.8) is 0 Å². The van der Waals surface area contributed by atoms with Gasteiger partial charge < -0.3 is 5.32 Å². The highest BCUT2D eigenvalue weighted by molar-refractivity contribution is 6.00. The van der Waals surface area contributed by atoms with Crippen LogP contribution in [0.25, 0.3) is 11.0 Å². The summed E-state index contributed by atoms with van der Waals surface area (Å²) in [4.78, 5) is 23.8. The summed E-state index contributed by atoms with van der Waals surface area (Å²) < 4.78 is 1.27. The molecule has 0 atom stereocenters. The van der Waals surface area contributed by atoms with Crippen LogP contribution < -0.4 is 5.32 Å². The Morgan fingerprint density at radius 2 is 1.82 bits per heavy atom. The van der Waals surface area contributed by atoms with E-state index in [4.69, 9.17) is 0 Å². The molecule has 3 aromatic rings. The Balaban J connectivity index is 1.87. The number of amides is 1. The lowest BCUT2D eigenvalue weighted by Gasteiger charge is -2.05. The van der Waals surface area contributed by atoms with Crippen molar-refractivity contribution in [2.75, 3.05) is 5.32 Å². The van der Waals surface area contributed by atoms with Gasteiger partial charge in [0, 0.05) is 17.7 Å². The van der Waals surface area contributed by atoms with Crippen LogP contribution in [0, 0.1) is 0 Å². The average Bonchev–Trinajstić information content (AvgIpc) is 2.99. The van der Waals surface area contributed by atoms with Crippen molar-refractivity contribution in [1.82, 2.24) is 15.0 Å². The van der Waals surface area contributed by atoms with Crippen molar-refractivity contribution in [3.05, 3.63) is 54.1 Å². The van der Waals surface area contributed by atoms with Gasteiger partial charge in [-0.3, -0.25) is 9.59 Å². The van der Waals surface area contributed by atoms with Gasteiger partial charge in [-0.25, -0.2) is 0 Å². The summed E-state index contributed by atoms with van der Waals surface area (Å²) in [6.07, 6.45) is 0.408. The zero-order valence-electron chi connectivity index (χ0n) is 12.0. The van der Waals surface area contributed by atoms with Gasteiger partial charge >= 0.3 is 0 Å². The van der Waals surface area contributed by atoms with E-state index in [9.17, 15) is 9.59 Å². The molecule has 3 rings (SSSR count). The van der Waals surface area contributed by atoms with Gasteiger partial charge in [0.2, 0.25) is 5.91 Å². The van der Waals surface area contributed by atoms with Gasteiger partial charge in [-0.15, -0.1) is 5.10 Å². The molecule has 0 aliphatic carbocycles. The molecular weight excluding hydrogens is 280 g/mol. The SMILES string of the molecule is CCC(=O)Nc1ccc(C(=O)n2nnc3ccccc32)cc1. The summed E-state index contributed by atoms with van der Waals surface area (Å²) in [6, 6.07) is 14.0. The molecule has 0 bridgehead atoms. The minimum atomic E-state index is -0.262. The van der Waals surface area contributed by atoms with E-state index in [-0.39, 0.29) is 11.8 Å². The molecule has 0 unspecified atom stereocenters. The molecule has 6 heteroatoms. The van der Waals surface area contributed by atoms with E-state index >= 15 is 0 Å². The molecule has 0 aliphatic heterocycles. The maximum absolute atomic E-state index is 12.5. The Morgan fingerprint density at radius 1 is 1.09 bits per heavy atom. The molecule has 110 valence electrons. The van der Waals surface area contributed by atoms with Gasteiger partial charge in [0.15, 0.2) is 0 Å². The molecule has 1 aromatic heterocycles. The Hall–Kier alpha value is -3.02. The monoisotopic (exact) mass is 294 g/mol. The Bertz CT molecular complexity index is 837. The van der Waals surface area contributed by atoms with Gasteiger partial charge in [-0.05, 0) is 36.4 Å². The number of para-hydroxylation sites is 1. The van der Waals surface area contributed by atoms with Gasteiger partial charge in [0.05, 0.1) is 5.52 Å². The second-order valence-corrected chi connectivity index (χ2v) is 4.77. The van der Waals surface area contributed by atoms with E-state index in [1.807, 2.05) is 12.1 Å².